The lowest BCUT2D eigenvalue weighted by molar-refractivity contribution is -0.126. The monoisotopic (exact) mass is 370 g/mol. The number of hydrogen-bond acceptors (Lipinski definition) is 5. The van der Waals surface area contributed by atoms with Gasteiger partial charge in [-0.15, -0.1) is 0 Å². The molecule has 2 fully saturated rings. The molecule has 2 heterocycles. The number of carbonyl (C=O) groups excluding carboxylic acids is 1. The van der Waals surface area contributed by atoms with E-state index in [0.717, 1.165) is 25.0 Å². The molecule has 1 aromatic heterocycles. The minimum Gasteiger partial charge on any atom is -0.475 e. The van der Waals surface area contributed by atoms with Gasteiger partial charge < -0.3 is 14.8 Å². The fourth-order valence-electron chi connectivity index (χ4n) is 2.89. The highest BCUT2D eigenvalue weighted by Gasteiger charge is 2.39. The predicted octanol–water partition coefficient (Wildman–Crippen LogP) is 1.29. The Hall–Kier alpha value is -1.87. The van der Waals surface area contributed by atoms with Crippen molar-refractivity contribution >= 4 is 21.9 Å². The molecule has 1 amide bonds. The van der Waals surface area contributed by atoms with Crippen molar-refractivity contribution in [1.29, 1.82) is 0 Å². The Labute approximate surface area is 146 Å². The molecule has 0 spiro atoms. The zero-order valence-electron chi connectivity index (χ0n) is 14.0. The van der Waals surface area contributed by atoms with E-state index < -0.39 is 21.8 Å². The first-order valence-corrected chi connectivity index (χ1v) is 9.76. The molecule has 1 aliphatic carbocycles. The van der Waals surface area contributed by atoms with Crippen LogP contribution in [0.5, 0.6) is 0 Å². The Bertz CT molecular complexity index is 772. The SMILES string of the molecule is CC1(CNC(=O)C2CCN(S(=O)(=O)c3ccc(C(=O)O)o3)CC2)CC1. The molecule has 2 aliphatic rings. The number of rotatable bonds is 6. The van der Waals surface area contributed by atoms with Crippen molar-refractivity contribution in [2.75, 3.05) is 19.6 Å². The van der Waals surface area contributed by atoms with Crippen LogP contribution in [0.4, 0.5) is 0 Å². The molecule has 1 aliphatic heterocycles. The first-order chi connectivity index (χ1) is 11.7. The van der Waals surface area contributed by atoms with Gasteiger partial charge >= 0.3 is 5.97 Å². The van der Waals surface area contributed by atoms with Crippen molar-refractivity contribution in [3.63, 3.8) is 0 Å². The Kier molecular flexibility index (Phi) is 4.63. The van der Waals surface area contributed by atoms with E-state index >= 15 is 0 Å². The van der Waals surface area contributed by atoms with Gasteiger partial charge in [-0.3, -0.25) is 4.79 Å². The lowest BCUT2D eigenvalue weighted by atomic mass is 9.97. The minimum atomic E-state index is -3.88. The summed E-state index contributed by atoms with van der Waals surface area (Å²) >= 11 is 0. The lowest BCUT2D eigenvalue weighted by Gasteiger charge is -2.30. The molecule has 0 atom stereocenters. The van der Waals surface area contributed by atoms with E-state index in [4.69, 9.17) is 9.52 Å². The molecule has 3 rings (SSSR count). The number of hydrogen-bond donors (Lipinski definition) is 2. The van der Waals surface area contributed by atoms with E-state index in [1.54, 1.807) is 0 Å². The molecule has 9 heteroatoms. The molecule has 0 unspecified atom stereocenters. The summed E-state index contributed by atoms with van der Waals surface area (Å²) in [6.45, 7) is 3.23. The summed E-state index contributed by atoms with van der Waals surface area (Å²) in [6, 6.07) is 2.27. The van der Waals surface area contributed by atoms with Crippen molar-refractivity contribution < 1.29 is 27.5 Å². The molecular weight excluding hydrogens is 348 g/mol. The molecule has 25 heavy (non-hydrogen) atoms. The lowest BCUT2D eigenvalue weighted by Crippen LogP contribution is -2.43. The molecule has 2 N–H and O–H groups in total. The molecule has 0 radical (unpaired) electrons. The number of sulfonamides is 1. The van der Waals surface area contributed by atoms with Crippen LogP contribution in [-0.2, 0) is 14.8 Å². The van der Waals surface area contributed by atoms with E-state index in [2.05, 4.69) is 12.2 Å². The number of carboxylic acids is 1. The first-order valence-electron chi connectivity index (χ1n) is 8.32. The second-order valence-corrected chi connectivity index (χ2v) is 9.00. The molecule has 138 valence electrons. The maximum atomic E-state index is 12.5. The van der Waals surface area contributed by atoms with Crippen molar-refractivity contribution in [3.05, 3.63) is 17.9 Å². The molecule has 0 bridgehead atoms. The van der Waals surface area contributed by atoms with Crippen LogP contribution in [-0.4, -0.2) is 49.3 Å². The van der Waals surface area contributed by atoms with Gasteiger partial charge in [-0.05, 0) is 43.2 Å². The fourth-order valence-corrected chi connectivity index (χ4v) is 4.28. The number of aromatic carboxylic acids is 1. The van der Waals surface area contributed by atoms with Crippen LogP contribution in [0.2, 0.25) is 0 Å². The van der Waals surface area contributed by atoms with Crippen LogP contribution in [0.15, 0.2) is 21.6 Å². The highest BCUT2D eigenvalue weighted by molar-refractivity contribution is 7.89. The molecule has 0 aromatic carbocycles. The second kappa shape index (κ2) is 6.45. The maximum absolute atomic E-state index is 12.5. The Morgan fingerprint density at radius 1 is 1.32 bits per heavy atom. The Morgan fingerprint density at radius 2 is 1.96 bits per heavy atom. The number of nitrogens with zero attached hydrogens (tertiary/aromatic N) is 1. The Balaban J connectivity index is 1.57. The average Bonchev–Trinajstić information content (AvgIpc) is 3.11. The van der Waals surface area contributed by atoms with Crippen LogP contribution in [0.3, 0.4) is 0 Å². The minimum absolute atomic E-state index is 0.0173. The fraction of sp³-hybridized carbons (Fsp3) is 0.625. The average molecular weight is 370 g/mol. The highest BCUT2D eigenvalue weighted by atomic mass is 32.2. The summed E-state index contributed by atoms with van der Waals surface area (Å²) in [5.41, 5.74) is 0.237. The normalized spacial score (nSPS) is 21.0. The molecule has 1 saturated carbocycles. The topological polar surface area (TPSA) is 117 Å². The predicted molar refractivity (Wildman–Crippen MR) is 87.5 cm³/mol. The van der Waals surface area contributed by atoms with E-state index in [1.807, 2.05) is 0 Å². The second-order valence-electron chi connectivity index (χ2n) is 7.13. The van der Waals surface area contributed by atoms with Crippen LogP contribution in [0, 0.1) is 11.3 Å². The summed E-state index contributed by atoms with van der Waals surface area (Å²) in [5.74, 6) is -1.95. The van der Waals surface area contributed by atoms with Gasteiger partial charge in [-0.25, -0.2) is 13.2 Å². The van der Waals surface area contributed by atoms with Gasteiger partial charge in [0, 0.05) is 25.6 Å². The molecule has 1 aromatic rings. The van der Waals surface area contributed by atoms with Gasteiger partial charge in [0.05, 0.1) is 0 Å². The van der Waals surface area contributed by atoms with Gasteiger partial charge in [0.1, 0.15) is 0 Å². The van der Waals surface area contributed by atoms with Crippen LogP contribution in [0.25, 0.3) is 0 Å². The van der Waals surface area contributed by atoms with Crippen molar-refractivity contribution in [3.8, 4) is 0 Å². The van der Waals surface area contributed by atoms with Crippen LogP contribution < -0.4 is 5.32 Å². The molecule has 8 nitrogen and oxygen atoms in total. The third kappa shape index (κ3) is 3.87. The summed E-state index contributed by atoms with van der Waals surface area (Å²) in [6.07, 6.45) is 3.14. The number of piperidine rings is 1. The Morgan fingerprint density at radius 3 is 2.48 bits per heavy atom. The number of carboxylic acid groups (broad SMARTS) is 1. The first kappa shape index (κ1) is 17.9. The van der Waals surface area contributed by atoms with E-state index in [1.165, 1.54) is 4.31 Å². The standard InChI is InChI=1S/C16H22N2O6S/c1-16(6-7-16)10-17-14(19)11-4-8-18(9-5-11)25(22,23)13-3-2-12(24-13)15(20)21/h2-3,11H,4-10H2,1H3,(H,17,19)(H,20,21). The summed E-state index contributed by atoms with van der Waals surface area (Å²) in [5, 5.41) is 11.4. The van der Waals surface area contributed by atoms with Crippen molar-refractivity contribution in [2.45, 2.75) is 37.7 Å². The van der Waals surface area contributed by atoms with E-state index in [0.29, 0.717) is 19.4 Å². The quantitative estimate of drug-likeness (QED) is 0.779. The smallest absolute Gasteiger partial charge is 0.371 e. The third-order valence-electron chi connectivity index (χ3n) is 5.00. The summed E-state index contributed by atoms with van der Waals surface area (Å²) in [4.78, 5) is 23.0. The maximum Gasteiger partial charge on any atom is 0.371 e. The van der Waals surface area contributed by atoms with Crippen LogP contribution >= 0.6 is 0 Å². The van der Waals surface area contributed by atoms with Gasteiger partial charge in [0.2, 0.25) is 16.8 Å². The van der Waals surface area contributed by atoms with Gasteiger partial charge in [0.25, 0.3) is 10.0 Å². The summed E-state index contributed by atoms with van der Waals surface area (Å²) in [7, 11) is -3.88. The zero-order valence-corrected chi connectivity index (χ0v) is 14.8. The van der Waals surface area contributed by atoms with Crippen molar-refractivity contribution in [1.82, 2.24) is 9.62 Å². The number of nitrogens with one attached hydrogen (secondary N) is 1. The number of furan rings is 1. The highest BCUT2D eigenvalue weighted by Crippen LogP contribution is 2.44. The molecular formula is C16H22N2O6S. The summed E-state index contributed by atoms with van der Waals surface area (Å²) < 4.78 is 31.2. The van der Waals surface area contributed by atoms with E-state index in [9.17, 15) is 18.0 Å². The number of carbonyl (C=O) groups is 2. The third-order valence-corrected chi connectivity index (χ3v) is 6.78. The van der Waals surface area contributed by atoms with E-state index in [-0.39, 0.29) is 35.4 Å². The van der Waals surface area contributed by atoms with Gasteiger partial charge in [0.15, 0.2) is 0 Å². The van der Waals surface area contributed by atoms with Crippen LogP contribution in [0.1, 0.15) is 43.2 Å². The van der Waals surface area contributed by atoms with Gasteiger partial charge in [-0.1, -0.05) is 6.92 Å². The largest absolute Gasteiger partial charge is 0.475 e. The number of amides is 1. The van der Waals surface area contributed by atoms with Crippen molar-refractivity contribution in [2.24, 2.45) is 11.3 Å². The van der Waals surface area contributed by atoms with Gasteiger partial charge in [-0.2, -0.15) is 4.31 Å². The molecule has 1 saturated heterocycles. The zero-order chi connectivity index (χ0) is 18.2.